The molecule has 2 aromatic heterocycles. The predicted octanol–water partition coefficient (Wildman–Crippen LogP) is 14.8. The molecule has 0 atom stereocenters. The highest BCUT2D eigenvalue weighted by molar-refractivity contribution is 6.10. The molecule has 3 aliphatic rings. The van der Waals surface area contributed by atoms with Gasteiger partial charge >= 0.3 is 0 Å². The predicted molar refractivity (Wildman–Crippen MR) is 262 cm³/mol. The summed E-state index contributed by atoms with van der Waals surface area (Å²) >= 11 is 0. The van der Waals surface area contributed by atoms with Crippen molar-refractivity contribution >= 4 is 50.0 Å². The molecule has 0 unspecified atom stereocenters. The zero-order chi connectivity index (χ0) is 42.3. The van der Waals surface area contributed by atoms with E-state index < -0.39 is 5.41 Å². The summed E-state index contributed by atoms with van der Waals surface area (Å²) in [6, 6.07) is 75.7. The molecule has 0 fully saturated rings. The number of benzene rings is 9. The van der Waals surface area contributed by atoms with Crippen LogP contribution in [0.3, 0.4) is 0 Å². The smallest absolute Gasteiger partial charge is 0.237 e. The molecule has 0 N–H and O–H groups in total. The van der Waals surface area contributed by atoms with Crippen molar-refractivity contribution in [1.29, 1.82) is 0 Å². The minimum absolute atomic E-state index is 0.210. The van der Waals surface area contributed by atoms with Crippen LogP contribution >= 0.6 is 0 Å². The van der Waals surface area contributed by atoms with E-state index in [1.165, 1.54) is 77.5 Å². The maximum atomic E-state index is 5.79. The van der Waals surface area contributed by atoms with Gasteiger partial charge in [-0.15, -0.1) is 0 Å². The molecule has 0 saturated carbocycles. The Morgan fingerprint density at radius 2 is 0.906 bits per heavy atom. The van der Waals surface area contributed by atoms with Crippen LogP contribution in [-0.4, -0.2) is 14.5 Å². The van der Waals surface area contributed by atoms with E-state index in [1.807, 2.05) is 0 Å². The van der Waals surface area contributed by atoms with Gasteiger partial charge in [0.05, 0.1) is 27.7 Å². The average Bonchev–Trinajstić information content (AvgIpc) is 4.02. The van der Waals surface area contributed by atoms with Gasteiger partial charge in [0.2, 0.25) is 5.95 Å². The second kappa shape index (κ2) is 12.7. The zero-order valence-corrected chi connectivity index (χ0v) is 35.4. The maximum absolute atomic E-state index is 5.79. The van der Waals surface area contributed by atoms with Crippen LogP contribution in [0.15, 0.2) is 206 Å². The molecule has 14 rings (SSSR count). The van der Waals surface area contributed by atoms with Gasteiger partial charge < -0.3 is 0 Å². The SMILES string of the molecule is CC1(C)c2ccccc2-c2ccc(N(c3nc(-n4c5ccccc5c5ccccc54)c4ccccc4n3)c3cccc4c3-c3ccccc3C43c4ccccc4-c4ccccc43)cc21. The molecule has 0 radical (unpaired) electrons. The van der Waals surface area contributed by atoms with Crippen LogP contribution in [0.2, 0.25) is 0 Å². The summed E-state index contributed by atoms with van der Waals surface area (Å²) in [5, 5.41) is 3.38. The lowest BCUT2D eigenvalue weighted by Crippen LogP contribution is -2.26. The topological polar surface area (TPSA) is 34.0 Å². The first kappa shape index (κ1) is 35.5. The lowest BCUT2D eigenvalue weighted by Gasteiger charge is -2.31. The van der Waals surface area contributed by atoms with Crippen molar-refractivity contribution in [2.24, 2.45) is 0 Å². The van der Waals surface area contributed by atoms with Gasteiger partial charge in [0.15, 0.2) is 5.82 Å². The van der Waals surface area contributed by atoms with Crippen molar-refractivity contribution in [3.8, 4) is 39.2 Å². The molecule has 2 heterocycles. The molecule has 0 amide bonds. The number of fused-ring (bicyclic) bond motifs is 17. The van der Waals surface area contributed by atoms with Gasteiger partial charge in [0, 0.05) is 32.8 Å². The first-order chi connectivity index (χ1) is 31.5. The normalized spacial score (nSPS) is 14.3. The van der Waals surface area contributed by atoms with Crippen LogP contribution in [0.5, 0.6) is 0 Å². The van der Waals surface area contributed by atoms with Crippen molar-refractivity contribution in [1.82, 2.24) is 14.5 Å². The van der Waals surface area contributed by atoms with Gasteiger partial charge in [-0.2, -0.15) is 4.98 Å². The Labute approximate surface area is 371 Å². The molecule has 4 heteroatoms. The van der Waals surface area contributed by atoms with E-state index in [2.05, 4.69) is 230 Å². The largest absolute Gasteiger partial charge is 0.293 e. The molecule has 0 aliphatic heterocycles. The van der Waals surface area contributed by atoms with Crippen molar-refractivity contribution in [2.45, 2.75) is 24.7 Å². The summed E-state index contributed by atoms with van der Waals surface area (Å²) < 4.78 is 2.34. The highest BCUT2D eigenvalue weighted by atomic mass is 15.3. The Kier molecular flexibility index (Phi) is 7.07. The van der Waals surface area contributed by atoms with Gasteiger partial charge in [-0.05, 0) is 104 Å². The number of nitrogens with zero attached hydrogens (tertiary/aromatic N) is 4. The van der Waals surface area contributed by atoms with Crippen LogP contribution in [0.4, 0.5) is 17.3 Å². The molecular weight excluding hydrogens is 777 g/mol. The van der Waals surface area contributed by atoms with Crippen molar-refractivity contribution < 1.29 is 0 Å². The number of hydrogen-bond donors (Lipinski definition) is 0. The molecule has 3 aliphatic carbocycles. The number of aromatic nitrogens is 3. The van der Waals surface area contributed by atoms with Gasteiger partial charge in [0.25, 0.3) is 0 Å². The molecule has 9 aromatic carbocycles. The fourth-order valence-electron chi connectivity index (χ4n) is 12.0. The third-order valence-electron chi connectivity index (χ3n) is 14.6. The lowest BCUT2D eigenvalue weighted by atomic mass is 9.70. The van der Waals surface area contributed by atoms with E-state index in [4.69, 9.17) is 9.97 Å². The monoisotopic (exact) mass is 816 g/mol. The van der Waals surface area contributed by atoms with Crippen LogP contribution in [0, 0.1) is 0 Å². The van der Waals surface area contributed by atoms with E-state index >= 15 is 0 Å². The average molecular weight is 817 g/mol. The third kappa shape index (κ3) is 4.46. The van der Waals surface area contributed by atoms with E-state index in [0.717, 1.165) is 39.1 Å². The van der Waals surface area contributed by atoms with E-state index in [0.29, 0.717) is 5.95 Å². The Morgan fingerprint density at radius 1 is 0.406 bits per heavy atom. The van der Waals surface area contributed by atoms with Crippen LogP contribution in [0.1, 0.15) is 47.2 Å². The number of anilines is 3. The Balaban J connectivity index is 1.10. The lowest BCUT2D eigenvalue weighted by molar-refractivity contribution is 0.660. The molecule has 300 valence electrons. The fourth-order valence-corrected chi connectivity index (χ4v) is 12.0. The van der Waals surface area contributed by atoms with E-state index in [1.54, 1.807) is 0 Å². The summed E-state index contributed by atoms with van der Waals surface area (Å²) in [5.74, 6) is 1.46. The first-order valence-electron chi connectivity index (χ1n) is 22.3. The summed E-state index contributed by atoms with van der Waals surface area (Å²) in [7, 11) is 0. The van der Waals surface area contributed by atoms with Gasteiger partial charge in [-0.1, -0.05) is 178 Å². The highest BCUT2D eigenvalue weighted by Crippen LogP contribution is 2.65. The second-order valence-electron chi connectivity index (χ2n) is 18.1. The summed E-state index contributed by atoms with van der Waals surface area (Å²) in [5.41, 5.74) is 19.9. The van der Waals surface area contributed by atoms with E-state index in [-0.39, 0.29) is 5.41 Å². The minimum Gasteiger partial charge on any atom is -0.293 e. The zero-order valence-electron chi connectivity index (χ0n) is 35.4. The summed E-state index contributed by atoms with van der Waals surface area (Å²) in [4.78, 5) is 13.7. The summed E-state index contributed by atoms with van der Waals surface area (Å²) in [6.45, 7) is 4.71. The van der Waals surface area contributed by atoms with Crippen LogP contribution in [-0.2, 0) is 10.8 Å². The van der Waals surface area contributed by atoms with Crippen molar-refractivity contribution in [3.05, 3.63) is 240 Å². The standard InChI is InChI=1S/C60H40N4/c1-59(2)46-25-10-3-18-38(46)41-35-34-37(36-51(41)59)63(58-61-52-30-14-7-24-45(52)57(62-58)64-53-31-15-8-21-42(53)43-22-9-16-32-54(43)64)55-33-17-29-50-56(55)44-23-6-13-28-49(44)60(50)47-26-11-4-19-39(47)40-20-5-12-27-48(40)60/h3-36H,1-2H3. The van der Waals surface area contributed by atoms with E-state index in [9.17, 15) is 0 Å². The summed E-state index contributed by atoms with van der Waals surface area (Å²) in [6.07, 6.45) is 0. The van der Waals surface area contributed by atoms with Crippen molar-refractivity contribution in [2.75, 3.05) is 4.90 Å². The minimum atomic E-state index is -0.499. The molecule has 0 bridgehead atoms. The highest BCUT2D eigenvalue weighted by Gasteiger charge is 2.52. The maximum Gasteiger partial charge on any atom is 0.237 e. The molecular formula is C60H40N4. The Hall–Kier alpha value is -8.08. The molecule has 11 aromatic rings. The van der Waals surface area contributed by atoms with Crippen LogP contribution < -0.4 is 4.90 Å². The van der Waals surface area contributed by atoms with Gasteiger partial charge in [-0.25, -0.2) is 4.98 Å². The molecule has 64 heavy (non-hydrogen) atoms. The van der Waals surface area contributed by atoms with Gasteiger partial charge in [-0.3, -0.25) is 9.47 Å². The third-order valence-corrected chi connectivity index (χ3v) is 14.6. The number of rotatable bonds is 4. The fraction of sp³-hybridized carbons (Fsp3) is 0.0667. The molecule has 0 saturated heterocycles. The second-order valence-corrected chi connectivity index (χ2v) is 18.1. The quantitative estimate of drug-likeness (QED) is 0.177. The van der Waals surface area contributed by atoms with Crippen molar-refractivity contribution in [3.63, 3.8) is 0 Å². The first-order valence-corrected chi connectivity index (χ1v) is 22.3. The molecule has 4 nitrogen and oxygen atoms in total. The Bertz CT molecular complexity index is 3700. The number of para-hydroxylation sites is 3. The number of hydrogen-bond acceptors (Lipinski definition) is 3. The Morgan fingerprint density at radius 3 is 1.58 bits per heavy atom. The van der Waals surface area contributed by atoms with Gasteiger partial charge in [0.1, 0.15) is 0 Å². The van der Waals surface area contributed by atoms with Crippen LogP contribution in [0.25, 0.3) is 71.9 Å². The molecule has 1 spiro atoms.